The van der Waals surface area contributed by atoms with Crippen molar-refractivity contribution in [2.75, 3.05) is 20.7 Å². The predicted octanol–water partition coefficient (Wildman–Crippen LogP) is 2.17. The quantitative estimate of drug-likeness (QED) is 0.834. The minimum absolute atomic E-state index is 0.00516. The number of hydrogen-bond acceptors (Lipinski definition) is 3. The molecule has 0 fully saturated rings. The average Bonchev–Trinajstić information content (AvgIpc) is 2.44. The van der Waals surface area contributed by atoms with E-state index in [9.17, 15) is 9.18 Å². The maximum absolute atomic E-state index is 13.6. The van der Waals surface area contributed by atoms with Crippen LogP contribution in [0.3, 0.4) is 0 Å². The largest absolute Gasteiger partial charge is 0.494 e. The molecule has 1 aromatic rings. The van der Waals surface area contributed by atoms with Crippen LogP contribution in [-0.4, -0.2) is 31.5 Å². The number of nitrogens with two attached hydrogens (primary N) is 1. The van der Waals surface area contributed by atoms with Gasteiger partial charge in [0.25, 0.3) is 0 Å². The molecule has 0 aliphatic carbocycles. The number of halogens is 1. The van der Waals surface area contributed by atoms with E-state index in [4.69, 9.17) is 10.5 Å². The molecule has 0 aliphatic rings. The predicted molar refractivity (Wildman–Crippen MR) is 76.9 cm³/mol. The summed E-state index contributed by atoms with van der Waals surface area (Å²) in [5, 5.41) is 0. The van der Waals surface area contributed by atoms with Gasteiger partial charge in [0.1, 0.15) is 0 Å². The third kappa shape index (κ3) is 4.20. The van der Waals surface area contributed by atoms with Gasteiger partial charge in [-0.3, -0.25) is 4.79 Å². The van der Waals surface area contributed by atoms with Gasteiger partial charge < -0.3 is 15.4 Å². The molecule has 0 saturated carbocycles. The summed E-state index contributed by atoms with van der Waals surface area (Å²) in [4.78, 5) is 13.8. The highest BCUT2D eigenvalue weighted by Gasteiger charge is 2.20. The van der Waals surface area contributed by atoms with E-state index in [1.165, 1.54) is 13.2 Å². The standard InChI is InChI=1S/C15H23FN2O2/c1-4-5-12(9-17)15(19)18(2)10-11-6-7-14(20-3)13(16)8-11/h6-8,12H,4-5,9-10,17H2,1-3H3. The number of carbonyl (C=O) groups is 1. The molecule has 5 heteroatoms. The highest BCUT2D eigenvalue weighted by molar-refractivity contribution is 5.78. The fourth-order valence-electron chi connectivity index (χ4n) is 2.16. The van der Waals surface area contributed by atoms with Gasteiger partial charge >= 0.3 is 0 Å². The molecule has 2 N–H and O–H groups in total. The number of ether oxygens (including phenoxy) is 1. The number of rotatable bonds is 7. The van der Waals surface area contributed by atoms with Crippen LogP contribution in [0.4, 0.5) is 4.39 Å². The molecule has 0 aliphatic heterocycles. The molecule has 0 aromatic heterocycles. The summed E-state index contributed by atoms with van der Waals surface area (Å²) < 4.78 is 18.5. The van der Waals surface area contributed by atoms with E-state index in [0.717, 1.165) is 18.4 Å². The second kappa shape index (κ2) is 7.85. The fourth-order valence-corrected chi connectivity index (χ4v) is 2.16. The Labute approximate surface area is 119 Å². The van der Waals surface area contributed by atoms with Gasteiger partial charge in [0.2, 0.25) is 5.91 Å². The van der Waals surface area contributed by atoms with Crippen LogP contribution in [0.1, 0.15) is 25.3 Å². The third-order valence-electron chi connectivity index (χ3n) is 3.28. The highest BCUT2D eigenvalue weighted by atomic mass is 19.1. The van der Waals surface area contributed by atoms with Crippen molar-refractivity contribution in [3.05, 3.63) is 29.6 Å². The Morgan fingerprint density at radius 1 is 1.50 bits per heavy atom. The van der Waals surface area contributed by atoms with E-state index in [0.29, 0.717) is 13.1 Å². The summed E-state index contributed by atoms with van der Waals surface area (Å²) in [5.41, 5.74) is 6.36. The first kappa shape index (κ1) is 16.4. The Hall–Kier alpha value is -1.62. The number of amides is 1. The van der Waals surface area contributed by atoms with Gasteiger partial charge in [0.05, 0.1) is 13.0 Å². The van der Waals surface area contributed by atoms with Crippen molar-refractivity contribution >= 4 is 5.91 Å². The van der Waals surface area contributed by atoms with Crippen LogP contribution in [0.25, 0.3) is 0 Å². The Balaban J connectivity index is 2.72. The maximum Gasteiger partial charge on any atom is 0.226 e. The molecular weight excluding hydrogens is 259 g/mol. The summed E-state index contributed by atoms with van der Waals surface area (Å²) in [5.74, 6) is -0.373. The van der Waals surface area contributed by atoms with Crippen molar-refractivity contribution in [1.82, 2.24) is 4.90 Å². The lowest BCUT2D eigenvalue weighted by Crippen LogP contribution is -2.36. The first-order valence-corrected chi connectivity index (χ1v) is 6.80. The maximum atomic E-state index is 13.6. The molecular formula is C15H23FN2O2. The van der Waals surface area contributed by atoms with E-state index < -0.39 is 5.82 Å². The van der Waals surface area contributed by atoms with Gasteiger partial charge in [0.15, 0.2) is 11.6 Å². The number of benzene rings is 1. The molecule has 1 amide bonds. The Bertz CT molecular complexity index is 451. The molecule has 1 unspecified atom stereocenters. The lowest BCUT2D eigenvalue weighted by Gasteiger charge is -2.23. The van der Waals surface area contributed by atoms with Crippen LogP contribution in [0.15, 0.2) is 18.2 Å². The van der Waals surface area contributed by atoms with Crippen LogP contribution in [0, 0.1) is 11.7 Å². The van der Waals surface area contributed by atoms with Crippen LogP contribution >= 0.6 is 0 Å². The van der Waals surface area contributed by atoms with Crippen LogP contribution in [0.5, 0.6) is 5.75 Å². The average molecular weight is 282 g/mol. The molecule has 20 heavy (non-hydrogen) atoms. The van der Waals surface area contributed by atoms with E-state index in [2.05, 4.69) is 0 Å². The summed E-state index contributed by atoms with van der Waals surface area (Å²) in [7, 11) is 3.13. The Morgan fingerprint density at radius 3 is 2.70 bits per heavy atom. The minimum Gasteiger partial charge on any atom is -0.494 e. The topological polar surface area (TPSA) is 55.6 Å². The van der Waals surface area contributed by atoms with E-state index in [1.54, 1.807) is 24.1 Å². The van der Waals surface area contributed by atoms with E-state index in [1.807, 2.05) is 6.92 Å². The zero-order chi connectivity index (χ0) is 15.1. The molecule has 4 nitrogen and oxygen atoms in total. The summed E-state index contributed by atoms with van der Waals surface area (Å²) in [6.07, 6.45) is 1.69. The van der Waals surface area contributed by atoms with Crippen molar-refractivity contribution in [1.29, 1.82) is 0 Å². The molecule has 1 rings (SSSR count). The Morgan fingerprint density at radius 2 is 2.20 bits per heavy atom. The van der Waals surface area contributed by atoms with Crippen molar-refractivity contribution < 1.29 is 13.9 Å². The third-order valence-corrected chi connectivity index (χ3v) is 3.28. The zero-order valence-corrected chi connectivity index (χ0v) is 12.4. The zero-order valence-electron chi connectivity index (χ0n) is 12.4. The molecule has 0 heterocycles. The molecule has 0 bridgehead atoms. The smallest absolute Gasteiger partial charge is 0.226 e. The van der Waals surface area contributed by atoms with Crippen LogP contribution in [0.2, 0.25) is 0 Å². The van der Waals surface area contributed by atoms with Crippen molar-refractivity contribution in [3.8, 4) is 5.75 Å². The monoisotopic (exact) mass is 282 g/mol. The Kier molecular flexibility index (Phi) is 6.45. The van der Waals surface area contributed by atoms with Gasteiger partial charge in [-0.05, 0) is 24.1 Å². The van der Waals surface area contributed by atoms with Gasteiger partial charge in [-0.2, -0.15) is 0 Å². The van der Waals surface area contributed by atoms with Gasteiger partial charge in [-0.15, -0.1) is 0 Å². The summed E-state index contributed by atoms with van der Waals surface area (Å²) in [6, 6.07) is 4.71. The lowest BCUT2D eigenvalue weighted by molar-refractivity contribution is -0.134. The summed E-state index contributed by atoms with van der Waals surface area (Å²) in [6.45, 7) is 2.72. The van der Waals surface area contributed by atoms with Crippen LogP contribution in [-0.2, 0) is 11.3 Å². The number of hydrogen-bond donors (Lipinski definition) is 1. The SMILES string of the molecule is CCCC(CN)C(=O)N(C)Cc1ccc(OC)c(F)c1. The highest BCUT2D eigenvalue weighted by Crippen LogP contribution is 2.19. The van der Waals surface area contributed by atoms with Crippen molar-refractivity contribution in [3.63, 3.8) is 0 Å². The van der Waals surface area contributed by atoms with Gasteiger partial charge in [0, 0.05) is 20.1 Å². The second-order valence-electron chi connectivity index (χ2n) is 4.88. The van der Waals surface area contributed by atoms with Gasteiger partial charge in [-0.1, -0.05) is 19.4 Å². The number of carbonyl (C=O) groups excluding carboxylic acids is 1. The first-order chi connectivity index (χ1) is 9.53. The van der Waals surface area contributed by atoms with Crippen molar-refractivity contribution in [2.45, 2.75) is 26.3 Å². The minimum atomic E-state index is -0.421. The van der Waals surface area contributed by atoms with E-state index in [-0.39, 0.29) is 17.6 Å². The van der Waals surface area contributed by atoms with Crippen molar-refractivity contribution in [2.24, 2.45) is 11.7 Å². The normalized spacial score (nSPS) is 12.1. The van der Waals surface area contributed by atoms with Gasteiger partial charge in [-0.25, -0.2) is 4.39 Å². The fraction of sp³-hybridized carbons (Fsp3) is 0.533. The first-order valence-electron chi connectivity index (χ1n) is 6.80. The molecule has 0 spiro atoms. The molecule has 0 radical (unpaired) electrons. The molecule has 1 atom stereocenters. The van der Waals surface area contributed by atoms with E-state index >= 15 is 0 Å². The lowest BCUT2D eigenvalue weighted by atomic mass is 10.0. The second-order valence-corrected chi connectivity index (χ2v) is 4.88. The number of methoxy groups -OCH3 is 1. The van der Waals surface area contributed by atoms with Crippen LogP contribution < -0.4 is 10.5 Å². The molecule has 0 saturated heterocycles. The summed E-state index contributed by atoms with van der Waals surface area (Å²) >= 11 is 0. The molecule has 1 aromatic carbocycles. The molecule has 112 valence electrons. The number of nitrogens with zero attached hydrogens (tertiary/aromatic N) is 1.